The molecule has 2 saturated carbocycles. The van der Waals surface area contributed by atoms with E-state index in [4.69, 9.17) is 21.4 Å². The molecule has 2 aliphatic carbocycles. The lowest BCUT2D eigenvalue weighted by Gasteiger charge is -2.27. The van der Waals surface area contributed by atoms with Crippen molar-refractivity contribution in [3.63, 3.8) is 0 Å². The first-order valence-corrected chi connectivity index (χ1v) is 13.2. The average molecular weight is 483 g/mol. The van der Waals surface area contributed by atoms with Crippen LogP contribution in [0.4, 0.5) is 11.8 Å². The minimum Gasteiger partial charge on any atom is -0.368 e. The van der Waals surface area contributed by atoms with Crippen LogP contribution in [-0.4, -0.2) is 30.5 Å². The van der Waals surface area contributed by atoms with Gasteiger partial charge in [-0.15, -0.1) is 0 Å². The maximum absolute atomic E-state index is 6.22. The Morgan fingerprint density at radius 1 is 0.889 bits per heavy atom. The van der Waals surface area contributed by atoms with Gasteiger partial charge in [0, 0.05) is 36.3 Å². The number of hydrogen-bond donors (Lipinski definition) is 3. The molecule has 3 aromatic heterocycles. The summed E-state index contributed by atoms with van der Waals surface area (Å²) in [5.41, 5.74) is 17.3. The molecular weight excluding hydrogens is 448 g/mol. The number of pyridine rings is 1. The van der Waals surface area contributed by atoms with Gasteiger partial charge in [0.05, 0.1) is 5.69 Å². The van der Waals surface area contributed by atoms with Crippen LogP contribution in [0.2, 0.25) is 0 Å². The fraction of sp³-hybridized carbons (Fsp3) is 0.429. The van der Waals surface area contributed by atoms with Crippen LogP contribution in [0.5, 0.6) is 0 Å². The Kier molecular flexibility index (Phi) is 6.27. The Hall–Kier alpha value is -3.52. The molecule has 0 aliphatic heterocycles. The van der Waals surface area contributed by atoms with E-state index < -0.39 is 0 Å². The van der Waals surface area contributed by atoms with Crippen molar-refractivity contribution in [1.29, 1.82) is 0 Å². The van der Waals surface area contributed by atoms with Crippen LogP contribution in [0, 0.1) is 0 Å². The van der Waals surface area contributed by atoms with Crippen molar-refractivity contribution in [3.8, 4) is 11.3 Å². The number of nitrogens with one attached hydrogen (secondary N) is 1. The van der Waals surface area contributed by atoms with E-state index in [-0.39, 0.29) is 5.95 Å². The summed E-state index contributed by atoms with van der Waals surface area (Å²) in [4.78, 5) is 18.9. The maximum atomic E-state index is 6.22. The number of hydrogen-bond acceptors (Lipinski definition) is 7. The van der Waals surface area contributed by atoms with Gasteiger partial charge < -0.3 is 21.4 Å². The molecule has 5 N–H and O–H groups in total. The average Bonchev–Trinajstić information content (AvgIpc) is 3.56. The molecule has 1 aromatic carbocycles. The minimum atomic E-state index is 0.284. The highest BCUT2D eigenvalue weighted by Gasteiger charge is 2.31. The van der Waals surface area contributed by atoms with Gasteiger partial charge in [0.15, 0.2) is 17.0 Å². The molecule has 186 valence electrons. The van der Waals surface area contributed by atoms with E-state index in [0.29, 0.717) is 30.4 Å². The predicted molar refractivity (Wildman–Crippen MR) is 143 cm³/mol. The number of imidazole rings is 1. The number of fused-ring (bicyclic) bond motifs is 1. The van der Waals surface area contributed by atoms with Crippen LogP contribution in [0.25, 0.3) is 22.4 Å². The number of nitrogens with two attached hydrogens (primary N) is 2. The van der Waals surface area contributed by atoms with Crippen molar-refractivity contribution < 1.29 is 0 Å². The van der Waals surface area contributed by atoms with Crippen molar-refractivity contribution in [2.24, 2.45) is 5.73 Å². The third-order valence-electron chi connectivity index (χ3n) is 7.79. The molecule has 0 atom stereocenters. The summed E-state index contributed by atoms with van der Waals surface area (Å²) >= 11 is 0. The third-order valence-corrected chi connectivity index (χ3v) is 7.79. The normalized spacial score (nSPS) is 20.7. The van der Waals surface area contributed by atoms with Gasteiger partial charge >= 0.3 is 0 Å². The monoisotopic (exact) mass is 482 g/mol. The highest BCUT2D eigenvalue weighted by molar-refractivity contribution is 5.85. The Labute approximate surface area is 211 Å². The smallest absolute Gasteiger partial charge is 0.224 e. The first-order valence-electron chi connectivity index (χ1n) is 13.2. The van der Waals surface area contributed by atoms with Crippen molar-refractivity contribution in [3.05, 3.63) is 60.0 Å². The lowest BCUT2D eigenvalue weighted by atomic mass is 9.86. The Balaban J connectivity index is 1.30. The molecule has 2 aliphatic rings. The van der Waals surface area contributed by atoms with Crippen LogP contribution >= 0.6 is 0 Å². The quantitative estimate of drug-likeness (QED) is 0.346. The molecule has 8 nitrogen and oxygen atoms in total. The van der Waals surface area contributed by atoms with Crippen molar-refractivity contribution in [2.75, 3.05) is 11.1 Å². The first-order chi connectivity index (χ1) is 17.7. The van der Waals surface area contributed by atoms with Crippen molar-refractivity contribution in [1.82, 2.24) is 24.5 Å². The predicted octanol–water partition coefficient (Wildman–Crippen LogP) is 5.18. The topological polar surface area (TPSA) is 121 Å². The standard InChI is InChI=1S/C28H34N8/c29-21-14-12-20(13-15-21)26-33-24-25(34-28(30)35-27(24)36(26)22-5-1-2-6-22)32-17-18-8-10-19(11-9-18)23-7-3-4-16-31-23/h3-4,7-11,16,20-22H,1-2,5-6,12-15,17,29H2,(H3,30,32,34,35). The molecule has 0 unspecified atom stereocenters. The SMILES string of the molecule is Nc1nc(NCc2ccc(-c3ccccn3)cc2)c2nc(C3CCC(N)CC3)n(C3CCCC3)c2n1. The summed E-state index contributed by atoms with van der Waals surface area (Å²) in [5, 5.41) is 3.50. The maximum Gasteiger partial charge on any atom is 0.224 e. The van der Waals surface area contributed by atoms with Crippen LogP contribution < -0.4 is 16.8 Å². The molecule has 0 radical (unpaired) electrons. The molecule has 0 saturated heterocycles. The molecule has 0 amide bonds. The zero-order valence-corrected chi connectivity index (χ0v) is 20.6. The molecule has 0 spiro atoms. The second-order valence-corrected chi connectivity index (χ2v) is 10.3. The van der Waals surface area contributed by atoms with Crippen LogP contribution in [0.1, 0.15) is 74.7 Å². The van der Waals surface area contributed by atoms with E-state index in [2.05, 4.69) is 44.1 Å². The Morgan fingerprint density at radius 3 is 2.39 bits per heavy atom. The summed E-state index contributed by atoms with van der Waals surface area (Å²) in [6.45, 7) is 0.623. The lowest BCUT2D eigenvalue weighted by Crippen LogP contribution is -2.27. The summed E-state index contributed by atoms with van der Waals surface area (Å²) in [6, 6.07) is 15.1. The van der Waals surface area contributed by atoms with Gasteiger partial charge in [-0.3, -0.25) is 4.98 Å². The molecular formula is C28H34N8. The highest BCUT2D eigenvalue weighted by Crippen LogP contribution is 2.40. The molecule has 0 bridgehead atoms. The number of anilines is 2. The minimum absolute atomic E-state index is 0.284. The van der Waals surface area contributed by atoms with Gasteiger partial charge in [-0.1, -0.05) is 43.2 Å². The van der Waals surface area contributed by atoms with E-state index in [1.54, 1.807) is 0 Å². The van der Waals surface area contributed by atoms with E-state index in [9.17, 15) is 0 Å². The molecule has 6 rings (SSSR count). The van der Waals surface area contributed by atoms with Gasteiger partial charge in [-0.05, 0) is 56.2 Å². The summed E-state index contributed by atoms with van der Waals surface area (Å²) in [6.07, 6.45) is 10.9. The Morgan fingerprint density at radius 2 is 1.67 bits per heavy atom. The van der Waals surface area contributed by atoms with Crippen molar-refractivity contribution >= 4 is 22.9 Å². The summed E-state index contributed by atoms with van der Waals surface area (Å²) in [7, 11) is 0. The van der Waals surface area contributed by atoms with Crippen LogP contribution in [0.3, 0.4) is 0 Å². The number of benzene rings is 1. The zero-order valence-electron chi connectivity index (χ0n) is 20.6. The molecule has 36 heavy (non-hydrogen) atoms. The van der Waals surface area contributed by atoms with Gasteiger partial charge in [0.25, 0.3) is 0 Å². The van der Waals surface area contributed by atoms with E-state index in [1.807, 2.05) is 24.4 Å². The van der Waals surface area contributed by atoms with Gasteiger partial charge in [0.1, 0.15) is 5.82 Å². The van der Waals surface area contributed by atoms with E-state index >= 15 is 0 Å². The fourth-order valence-electron chi connectivity index (χ4n) is 5.83. The second kappa shape index (κ2) is 9.85. The molecule has 8 heteroatoms. The van der Waals surface area contributed by atoms with Crippen LogP contribution in [-0.2, 0) is 6.54 Å². The van der Waals surface area contributed by atoms with Crippen molar-refractivity contribution in [2.45, 2.75) is 75.9 Å². The molecule has 4 aromatic rings. The summed E-state index contributed by atoms with van der Waals surface area (Å²) in [5.74, 6) is 2.54. The van der Waals surface area contributed by atoms with Gasteiger partial charge in [-0.2, -0.15) is 9.97 Å². The molecule has 3 heterocycles. The number of aromatic nitrogens is 5. The van der Waals surface area contributed by atoms with Gasteiger partial charge in [-0.25, -0.2) is 4.98 Å². The largest absolute Gasteiger partial charge is 0.368 e. The van der Waals surface area contributed by atoms with Gasteiger partial charge in [0.2, 0.25) is 5.95 Å². The first kappa shape index (κ1) is 22.9. The molecule has 2 fully saturated rings. The highest BCUT2D eigenvalue weighted by atomic mass is 15.2. The number of nitrogens with zero attached hydrogens (tertiary/aromatic N) is 5. The third kappa shape index (κ3) is 4.53. The fourth-order valence-corrected chi connectivity index (χ4v) is 5.83. The summed E-state index contributed by atoms with van der Waals surface area (Å²) < 4.78 is 2.40. The number of nitrogen functional groups attached to an aromatic ring is 1. The number of rotatable bonds is 6. The lowest BCUT2D eigenvalue weighted by molar-refractivity contribution is 0.367. The van der Waals surface area contributed by atoms with Crippen LogP contribution in [0.15, 0.2) is 48.7 Å². The second-order valence-electron chi connectivity index (χ2n) is 10.3. The van der Waals surface area contributed by atoms with E-state index in [0.717, 1.165) is 59.5 Å². The zero-order chi connectivity index (χ0) is 24.5. The van der Waals surface area contributed by atoms with E-state index in [1.165, 1.54) is 25.7 Å². The Bertz CT molecular complexity index is 1320.